The minimum atomic E-state index is -1.09. The quantitative estimate of drug-likeness (QED) is 0.337. The van der Waals surface area contributed by atoms with Crippen molar-refractivity contribution in [2.45, 2.75) is 18.8 Å². The number of fused-ring (bicyclic) bond motifs is 3. The highest BCUT2D eigenvalue weighted by molar-refractivity contribution is 9.12. The number of phenolic OH excluding ortho intramolecular Hbond substituents is 1. The van der Waals surface area contributed by atoms with E-state index in [0.29, 0.717) is 10.5 Å². The molecule has 3 amide bonds. The van der Waals surface area contributed by atoms with Crippen LogP contribution in [0.1, 0.15) is 24.3 Å². The number of rotatable bonds is 1. The predicted octanol–water partition coefficient (Wildman–Crippen LogP) is 3.06. The number of Topliss-reactive ketones (excluding diaryl/α,β-unsaturated/α-hetero) is 1. The molecule has 5 rings (SSSR count). The second kappa shape index (κ2) is 7.83. The van der Waals surface area contributed by atoms with E-state index in [4.69, 9.17) is 0 Å². The predicted molar refractivity (Wildman–Crippen MR) is 117 cm³/mol. The summed E-state index contributed by atoms with van der Waals surface area (Å²) in [5.41, 5.74) is 0.849. The summed E-state index contributed by atoms with van der Waals surface area (Å²) in [4.78, 5) is 64.8. The van der Waals surface area contributed by atoms with Gasteiger partial charge >= 0.3 is 6.09 Å². The molecule has 8 nitrogen and oxygen atoms in total. The van der Waals surface area contributed by atoms with Crippen LogP contribution in [0.4, 0.5) is 9.18 Å². The molecule has 1 aliphatic heterocycles. The monoisotopic (exact) mass is 529 g/mol. The van der Waals surface area contributed by atoms with Crippen LogP contribution in [0.2, 0.25) is 0 Å². The van der Waals surface area contributed by atoms with E-state index in [0.717, 1.165) is 19.3 Å². The van der Waals surface area contributed by atoms with Gasteiger partial charge in [-0.2, -0.15) is 4.90 Å². The van der Waals surface area contributed by atoms with Gasteiger partial charge in [0.25, 0.3) is 0 Å². The first-order valence-corrected chi connectivity index (χ1v) is 11.3. The standard InChI is InChI=1S/C24H17BrFNO7/c1-34-24(33)27-22(31)11-6-5-9-12(18(11)23(27)32)7-13-19(16(28)8-14(25)20(13)29)17(9)10-3-2-4-15(26)21(10)30/h2-5,8,11-12,17-18,30H,6-7H2,1H3. The van der Waals surface area contributed by atoms with Crippen molar-refractivity contribution in [1.82, 2.24) is 4.90 Å². The SMILES string of the molecule is COC(=O)N1C(=O)C2CC=C3C(c4cccc(F)c4O)C4=C(CC3C2C1=O)C(=O)C(Br)=CC4=O. The first kappa shape index (κ1) is 22.4. The number of nitrogens with zero attached hydrogens (tertiary/aromatic N) is 1. The summed E-state index contributed by atoms with van der Waals surface area (Å²) in [7, 11) is 1.06. The van der Waals surface area contributed by atoms with Crippen molar-refractivity contribution in [1.29, 1.82) is 0 Å². The Morgan fingerprint density at radius 1 is 1.18 bits per heavy atom. The third-order valence-electron chi connectivity index (χ3n) is 7.02. The maximum absolute atomic E-state index is 14.3. The zero-order valence-electron chi connectivity index (χ0n) is 17.7. The molecule has 1 aromatic carbocycles. The average Bonchev–Trinajstić information content (AvgIpc) is 3.07. The number of ketones is 2. The van der Waals surface area contributed by atoms with Crippen molar-refractivity contribution in [2.24, 2.45) is 17.8 Å². The number of carbonyl (C=O) groups excluding carboxylic acids is 5. The first-order chi connectivity index (χ1) is 16.2. The van der Waals surface area contributed by atoms with E-state index < -0.39 is 64.7 Å². The van der Waals surface area contributed by atoms with Crippen LogP contribution in [0, 0.1) is 23.6 Å². The molecule has 1 saturated heterocycles. The van der Waals surface area contributed by atoms with Crippen molar-refractivity contribution in [3.63, 3.8) is 0 Å². The molecule has 10 heteroatoms. The van der Waals surface area contributed by atoms with Crippen molar-refractivity contribution >= 4 is 45.4 Å². The first-order valence-electron chi connectivity index (χ1n) is 10.5. The van der Waals surface area contributed by atoms with Crippen LogP contribution < -0.4 is 0 Å². The van der Waals surface area contributed by atoms with E-state index in [1.54, 1.807) is 6.08 Å². The lowest BCUT2D eigenvalue weighted by Crippen LogP contribution is -2.40. The second-order valence-electron chi connectivity index (χ2n) is 8.55. The molecule has 1 fully saturated rings. The molecule has 34 heavy (non-hydrogen) atoms. The summed E-state index contributed by atoms with van der Waals surface area (Å²) in [5, 5.41) is 10.5. The highest BCUT2D eigenvalue weighted by Crippen LogP contribution is 2.56. The van der Waals surface area contributed by atoms with E-state index in [-0.39, 0.29) is 34.0 Å². The van der Waals surface area contributed by atoms with Crippen LogP contribution in [0.3, 0.4) is 0 Å². The van der Waals surface area contributed by atoms with Crippen molar-refractivity contribution in [3.05, 3.63) is 62.9 Å². The maximum Gasteiger partial charge on any atom is 0.423 e. The number of hydrogen-bond donors (Lipinski definition) is 1. The molecule has 0 radical (unpaired) electrons. The van der Waals surface area contributed by atoms with Crippen LogP contribution >= 0.6 is 15.9 Å². The third-order valence-corrected chi connectivity index (χ3v) is 7.61. The zero-order valence-corrected chi connectivity index (χ0v) is 19.3. The van der Waals surface area contributed by atoms with Gasteiger partial charge in [-0.1, -0.05) is 23.8 Å². The van der Waals surface area contributed by atoms with Gasteiger partial charge < -0.3 is 9.84 Å². The van der Waals surface area contributed by atoms with Gasteiger partial charge in [0.05, 0.1) is 23.4 Å². The summed E-state index contributed by atoms with van der Waals surface area (Å²) < 4.78 is 19.0. The number of aromatic hydroxyl groups is 1. The molecule has 0 aromatic heterocycles. The van der Waals surface area contributed by atoms with Gasteiger partial charge in [0.1, 0.15) is 0 Å². The smallest absolute Gasteiger partial charge is 0.423 e. The lowest BCUT2D eigenvalue weighted by Gasteiger charge is -2.42. The molecule has 0 spiro atoms. The van der Waals surface area contributed by atoms with E-state index in [1.807, 2.05) is 0 Å². The van der Waals surface area contributed by atoms with E-state index >= 15 is 0 Å². The van der Waals surface area contributed by atoms with Gasteiger partial charge in [0.2, 0.25) is 11.8 Å². The normalized spacial score (nSPS) is 28.3. The van der Waals surface area contributed by atoms with E-state index in [2.05, 4.69) is 20.7 Å². The van der Waals surface area contributed by atoms with Crippen molar-refractivity contribution in [2.75, 3.05) is 7.11 Å². The Hall–Kier alpha value is -3.40. The van der Waals surface area contributed by atoms with Crippen LogP contribution in [0.5, 0.6) is 5.75 Å². The molecular weight excluding hydrogens is 513 g/mol. The minimum absolute atomic E-state index is 0.0174. The topological polar surface area (TPSA) is 118 Å². The molecule has 1 aromatic rings. The molecule has 1 N–H and O–H groups in total. The number of ether oxygens (including phenoxy) is 1. The molecule has 1 heterocycles. The number of imide groups is 3. The number of halogens is 2. The van der Waals surface area contributed by atoms with Gasteiger partial charge in [-0.25, -0.2) is 9.18 Å². The number of carbonyl (C=O) groups is 5. The van der Waals surface area contributed by atoms with Crippen LogP contribution in [0.25, 0.3) is 0 Å². The minimum Gasteiger partial charge on any atom is -0.505 e. The lowest BCUT2D eigenvalue weighted by molar-refractivity contribution is -0.137. The second-order valence-corrected chi connectivity index (χ2v) is 9.41. The third kappa shape index (κ3) is 2.97. The van der Waals surface area contributed by atoms with Crippen molar-refractivity contribution < 1.29 is 38.2 Å². The van der Waals surface area contributed by atoms with E-state index in [9.17, 15) is 33.5 Å². The molecule has 174 valence electrons. The fraction of sp³-hybridized carbons (Fsp3) is 0.292. The summed E-state index contributed by atoms with van der Waals surface area (Å²) in [6.45, 7) is 0. The summed E-state index contributed by atoms with van der Waals surface area (Å²) in [6, 6.07) is 3.90. The molecular formula is C24H17BrFNO7. The van der Waals surface area contributed by atoms with Gasteiger partial charge in [0.15, 0.2) is 23.1 Å². The number of amides is 3. The zero-order chi connectivity index (χ0) is 24.5. The number of methoxy groups -OCH3 is 1. The highest BCUT2D eigenvalue weighted by Gasteiger charge is 2.58. The number of likely N-dealkylation sites (tertiary alicyclic amines) is 1. The van der Waals surface area contributed by atoms with Gasteiger partial charge in [0, 0.05) is 28.7 Å². The molecule has 0 bridgehead atoms. The van der Waals surface area contributed by atoms with Crippen LogP contribution in [0.15, 0.2) is 51.6 Å². The largest absolute Gasteiger partial charge is 0.505 e. The highest BCUT2D eigenvalue weighted by atomic mass is 79.9. The molecule has 4 atom stereocenters. The summed E-state index contributed by atoms with van der Waals surface area (Å²) >= 11 is 3.10. The number of allylic oxidation sites excluding steroid dienone is 6. The van der Waals surface area contributed by atoms with Crippen molar-refractivity contribution in [3.8, 4) is 5.75 Å². The molecule has 4 unspecified atom stereocenters. The van der Waals surface area contributed by atoms with Crippen LogP contribution in [-0.4, -0.2) is 46.6 Å². The summed E-state index contributed by atoms with van der Waals surface area (Å²) in [6.07, 6.45) is 1.83. The Balaban J connectivity index is 1.70. The Kier molecular flexibility index (Phi) is 5.16. The number of hydrogen-bond acceptors (Lipinski definition) is 7. The number of para-hydroxylation sites is 1. The molecule has 3 aliphatic carbocycles. The number of phenols is 1. The van der Waals surface area contributed by atoms with Gasteiger partial charge in [-0.15, -0.1) is 0 Å². The summed E-state index contributed by atoms with van der Waals surface area (Å²) in [5.74, 6) is -7.43. The molecule has 0 saturated carbocycles. The Morgan fingerprint density at radius 3 is 2.62 bits per heavy atom. The molecule has 4 aliphatic rings. The van der Waals surface area contributed by atoms with E-state index in [1.165, 1.54) is 12.1 Å². The number of benzene rings is 1. The lowest BCUT2D eigenvalue weighted by atomic mass is 9.59. The average molecular weight is 530 g/mol. The van der Waals surface area contributed by atoms with Gasteiger partial charge in [-0.3, -0.25) is 19.2 Å². The Bertz CT molecular complexity index is 1310. The van der Waals surface area contributed by atoms with Gasteiger partial charge in [-0.05, 0) is 40.8 Å². The fourth-order valence-corrected chi connectivity index (χ4v) is 6.05. The maximum atomic E-state index is 14.3. The Morgan fingerprint density at radius 2 is 1.91 bits per heavy atom. The fourth-order valence-electron chi connectivity index (χ4n) is 5.60. The Labute approximate surface area is 200 Å². The van der Waals surface area contributed by atoms with Crippen LogP contribution in [-0.2, 0) is 23.9 Å².